The number of hydrogen-bond acceptors (Lipinski definition) is 2. The molecule has 2 aromatic rings. The average Bonchev–Trinajstić information content (AvgIpc) is 2.46. The zero-order valence-electron chi connectivity index (χ0n) is 11.8. The van der Waals surface area contributed by atoms with Crippen LogP contribution in [0.4, 0.5) is 4.39 Å². The molecule has 1 aromatic heterocycles. The van der Waals surface area contributed by atoms with Crippen molar-refractivity contribution in [3.05, 3.63) is 64.7 Å². The van der Waals surface area contributed by atoms with Gasteiger partial charge in [-0.25, -0.2) is 4.39 Å². The Morgan fingerprint density at radius 3 is 2.48 bits per heavy atom. The topological polar surface area (TPSA) is 42.0 Å². The molecule has 0 aliphatic rings. The predicted octanol–water partition coefficient (Wildman–Crippen LogP) is 4.00. The number of carbonyl (C=O) groups excluding carboxylic acids is 1. The van der Waals surface area contributed by atoms with Crippen LogP contribution >= 0.6 is 11.6 Å². The van der Waals surface area contributed by atoms with Gasteiger partial charge in [0.25, 0.3) is 5.91 Å². The summed E-state index contributed by atoms with van der Waals surface area (Å²) in [4.78, 5) is 15.9. The lowest BCUT2D eigenvalue weighted by molar-refractivity contribution is 0.0921. The smallest absolute Gasteiger partial charge is 0.254 e. The molecule has 0 spiro atoms. The summed E-state index contributed by atoms with van der Waals surface area (Å²) in [5.74, 6) is -0.933. The maximum absolute atomic E-state index is 13.6. The first-order valence-corrected chi connectivity index (χ1v) is 7.02. The van der Waals surface area contributed by atoms with E-state index in [4.69, 9.17) is 11.6 Å². The summed E-state index contributed by atoms with van der Waals surface area (Å²) in [5, 5.41) is 3.49. The lowest BCUT2D eigenvalue weighted by Crippen LogP contribution is -2.32. The fraction of sp³-hybridized carbons (Fsp3) is 0.250. The van der Waals surface area contributed by atoms with Crippen molar-refractivity contribution >= 4 is 17.5 Å². The second kappa shape index (κ2) is 6.68. The van der Waals surface area contributed by atoms with Gasteiger partial charge >= 0.3 is 0 Å². The van der Waals surface area contributed by atoms with E-state index in [2.05, 4.69) is 10.3 Å². The Kier molecular flexibility index (Phi) is 4.91. The minimum atomic E-state index is -0.631. The van der Waals surface area contributed by atoms with Gasteiger partial charge in [-0.15, -0.1) is 0 Å². The van der Waals surface area contributed by atoms with Gasteiger partial charge in [0.1, 0.15) is 0 Å². The molecule has 0 aliphatic heterocycles. The molecule has 0 saturated carbocycles. The van der Waals surface area contributed by atoms with Gasteiger partial charge in [-0.05, 0) is 29.7 Å². The molecule has 3 nitrogen and oxygen atoms in total. The Hall–Kier alpha value is -1.94. The van der Waals surface area contributed by atoms with E-state index in [0.29, 0.717) is 5.02 Å². The molecule has 1 aromatic carbocycles. The number of rotatable bonds is 4. The molecule has 0 fully saturated rings. The zero-order valence-corrected chi connectivity index (χ0v) is 12.6. The number of aromatic nitrogens is 1. The third-order valence-corrected chi connectivity index (χ3v) is 3.45. The Balaban J connectivity index is 2.23. The SMILES string of the molecule is CC(C)C(NC(=O)c1ccncc1F)c1ccc(Cl)cc1. The van der Waals surface area contributed by atoms with Crippen LogP contribution in [0, 0.1) is 11.7 Å². The lowest BCUT2D eigenvalue weighted by Gasteiger charge is -2.23. The normalized spacial score (nSPS) is 12.2. The van der Waals surface area contributed by atoms with Gasteiger partial charge in [0.05, 0.1) is 17.8 Å². The van der Waals surface area contributed by atoms with Crippen molar-refractivity contribution in [3.63, 3.8) is 0 Å². The van der Waals surface area contributed by atoms with Crippen molar-refractivity contribution < 1.29 is 9.18 Å². The van der Waals surface area contributed by atoms with Crippen LogP contribution < -0.4 is 5.32 Å². The summed E-state index contributed by atoms with van der Waals surface area (Å²) < 4.78 is 13.6. The number of halogens is 2. The average molecular weight is 307 g/mol. The summed E-state index contributed by atoms with van der Waals surface area (Å²) in [6, 6.07) is 8.40. The molecule has 1 N–H and O–H groups in total. The molecule has 5 heteroatoms. The van der Waals surface area contributed by atoms with Crippen molar-refractivity contribution in [2.45, 2.75) is 19.9 Å². The number of hydrogen-bond donors (Lipinski definition) is 1. The van der Waals surface area contributed by atoms with Gasteiger partial charge in [0.2, 0.25) is 0 Å². The highest BCUT2D eigenvalue weighted by molar-refractivity contribution is 6.30. The molecule has 0 bridgehead atoms. The fourth-order valence-corrected chi connectivity index (χ4v) is 2.21. The standard InChI is InChI=1S/C16H16ClFN2O/c1-10(2)15(11-3-5-12(17)6-4-11)20-16(21)13-7-8-19-9-14(13)18/h3-10,15H,1-2H3,(H,20,21). The Bertz CT molecular complexity index is 628. The van der Waals surface area contributed by atoms with Gasteiger partial charge in [-0.3, -0.25) is 9.78 Å². The molecule has 1 atom stereocenters. The number of nitrogens with zero attached hydrogens (tertiary/aromatic N) is 1. The van der Waals surface area contributed by atoms with E-state index in [0.717, 1.165) is 11.8 Å². The largest absolute Gasteiger partial charge is 0.345 e. The van der Waals surface area contributed by atoms with Gasteiger partial charge in [0.15, 0.2) is 5.82 Å². The van der Waals surface area contributed by atoms with Crippen LogP contribution in [0.1, 0.15) is 35.8 Å². The monoisotopic (exact) mass is 306 g/mol. The van der Waals surface area contributed by atoms with Crippen LogP contribution in [-0.4, -0.2) is 10.9 Å². The van der Waals surface area contributed by atoms with E-state index < -0.39 is 11.7 Å². The maximum atomic E-state index is 13.6. The minimum Gasteiger partial charge on any atom is -0.345 e. The molecule has 0 saturated heterocycles. The Labute approximate surface area is 128 Å². The van der Waals surface area contributed by atoms with Crippen LogP contribution in [0.2, 0.25) is 5.02 Å². The quantitative estimate of drug-likeness (QED) is 0.927. The summed E-state index contributed by atoms with van der Waals surface area (Å²) in [6.45, 7) is 3.98. The minimum absolute atomic E-state index is 0.00962. The van der Waals surface area contributed by atoms with Gasteiger partial charge < -0.3 is 5.32 Å². The third-order valence-electron chi connectivity index (χ3n) is 3.20. The van der Waals surface area contributed by atoms with Crippen LogP contribution in [0.3, 0.4) is 0 Å². The van der Waals surface area contributed by atoms with Crippen molar-refractivity contribution in [2.75, 3.05) is 0 Å². The van der Waals surface area contributed by atoms with E-state index >= 15 is 0 Å². The van der Waals surface area contributed by atoms with E-state index in [9.17, 15) is 9.18 Å². The number of amides is 1. The fourth-order valence-electron chi connectivity index (χ4n) is 2.08. The van der Waals surface area contributed by atoms with E-state index in [1.807, 2.05) is 26.0 Å². The molecule has 0 radical (unpaired) electrons. The van der Waals surface area contributed by atoms with Crippen molar-refractivity contribution in [3.8, 4) is 0 Å². The highest BCUT2D eigenvalue weighted by atomic mass is 35.5. The van der Waals surface area contributed by atoms with Crippen molar-refractivity contribution in [1.29, 1.82) is 0 Å². The highest BCUT2D eigenvalue weighted by Crippen LogP contribution is 2.24. The second-order valence-corrected chi connectivity index (χ2v) is 5.54. The summed E-state index contributed by atoms with van der Waals surface area (Å²) in [5.41, 5.74) is 0.918. The first-order valence-electron chi connectivity index (χ1n) is 6.65. The number of pyridine rings is 1. The van der Waals surface area contributed by atoms with Gasteiger partial charge in [-0.1, -0.05) is 37.6 Å². The van der Waals surface area contributed by atoms with Crippen LogP contribution in [0.5, 0.6) is 0 Å². The Morgan fingerprint density at radius 1 is 1.24 bits per heavy atom. The maximum Gasteiger partial charge on any atom is 0.254 e. The summed E-state index contributed by atoms with van der Waals surface area (Å²) >= 11 is 5.87. The molecule has 1 amide bonds. The zero-order chi connectivity index (χ0) is 15.4. The van der Waals surface area contributed by atoms with E-state index in [1.165, 1.54) is 12.3 Å². The molecular weight excluding hydrogens is 291 g/mol. The van der Waals surface area contributed by atoms with E-state index in [1.54, 1.807) is 12.1 Å². The van der Waals surface area contributed by atoms with Gasteiger partial charge in [0, 0.05) is 11.2 Å². The number of benzene rings is 1. The first-order chi connectivity index (χ1) is 9.99. The molecule has 110 valence electrons. The molecule has 2 rings (SSSR count). The van der Waals surface area contributed by atoms with Crippen molar-refractivity contribution in [1.82, 2.24) is 10.3 Å². The lowest BCUT2D eigenvalue weighted by atomic mass is 9.95. The molecule has 1 unspecified atom stereocenters. The third kappa shape index (κ3) is 3.79. The highest BCUT2D eigenvalue weighted by Gasteiger charge is 2.20. The van der Waals surface area contributed by atoms with E-state index in [-0.39, 0.29) is 17.5 Å². The molecule has 21 heavy (non-hydrogen) atoms. The molecular formula is C16H16ClFN2O. The van der Waals surface area contributed by atoms with Crippen LogP contribution in [0.15, 0.2) is 42.7 Å². The summed E-state index contributed by atoms with van der Waals surface area (Å²) in [6.07, 6.45) is 2.42. The van der Waals surface area contributed by atoms with Gasteiger partial charge in [-0.2, -0.15) is 0 Å². The summed E-state index contributed by atoms with van der Waals surface area (Å²) in [7, 11) is 0. The number of carbonyl (C=O) groups is 1. The Morgan fingerprint density at radius 2 is 1.90 bits per heavy atom. The molecule has 1 heterocycles. The van der Waals surface area contributed by atoms with Crippen LogP contribution in [0.25, 0.3) is 0 Å². The molecule has 0 aliphatic carbocycles. The first kappa shape index (κ1) is 15.4. The van der Waals surface area contributed by atoms with Crippen LogP contribution in [-0.2, 0) is 0 Å². The number of nitrogens with one attached hydrogen (secondary N) is 1. The van der Waals surface area contributed by atoms with Crippen molar-refractivity contribution in [2.24, 2.45) is 5.92 Å². The second-order valence-electron chi connectivity index (χ2n) is 5.10. The predicted molar refractivity (Wildman–Crippen MR) is 80.7 cm³/mol.